The Morgan fingerprint density at radius 1 is 1.06 bits per heavy atom. The van der Waals surface area contributed by atoms with Crippen LogP contribution in [0.3, 0.4) is 0 Å². The zero-order valence-electron chi connectivity index (χ0n) is 11.4. The number of hydrogen-bond acceptors (Lipinski definition) is 1. The van der Waals surface area contributed by atoms with Crippen LogP contribution >= 0.6 is 0 Å². The van der Waals surface area contributed by atoms with E-state index in [0.717, 1.165) is 11.3 Å². The topological polar surface area (TPSA) is 12.0 Å². The molecule has 0 saturated carbocycles. The molecule has 1 rings (SSSR count). The standard InChI is InChI=1S/C15H23NSi/c1-5-17(6-2,7-3)13-12-14-10-8-9-11-15(14)16-4/h8-11,16H,5-7H2,1-4H3. The van der Waals surface area contributed by atoms with E-state index in [1.807, 2.05) is 13.1 Å². The third-order valence-corrected chi connectivity index (χ3v) is 8.41. The average molecular weight is 245 g/mol. The molecule has 1 aromatic rings. The Morgan fingerprint density at radius 3 is 2.18 bits per heavy atom. The molecule has 0 aliphatic heterocycles. The molecule has 0 heterocycles. The lowest BCUT2D eigenvalue weighted by Crippen LogP contribution is -2.29. The first-order chi connectivity index (χ1) is 8.21. The van der Waals surface area contributed by atoms with Crippen LogP contribution in [0, 0.1) is 11.5 Å². The zero-order valence-corrected chi connectivity index (χ0v) is 12.4. The van der Waals surface area contributed by atoms with Crippen LogP contribution in [-0.4, -0.2) is 15.1 Å². The summed E-state index contributed by atoms with van der Waals surface area (Å²) >= 11 is 0. The van der Waals surface area contributed by atoms with Crippen molar-refractivity contribution in [3.8, 4) is 11.5 Å². The van der Waals surface area contributed by atoms with Gasteiger partial charge in [0, 0.05) is 18.3 Å². The summed E-state index contributed by atoms with van der Waals surface area (Å²) in [5.74, 6) is 3.41. The highest BCUT2D eigenvalue weighted by Gasteiger charge is 2.24. The molecule has 92 valence electrons. The van der Waals surface area contributed by atoms with Crippen LogP contribution in [0.25, 0.3) is 0 Å². The lowest BCUT2D eigenvalue weighted by molar-refractivity contribution is 1.20. The van der Waals surface area contributed by atoms with Crippen molar-refractivity contribution in [2.45, 2.75) is 38.9 Å². The smallest absolute Gasteiger partial charge is 0.138 e. The summed E-state index contributed by atoms with van der Waals surface area (Å²) in [6, 6.07) is 12.0. The molecule has 0 fully saturated rings. The van der Waals surface area contributed by atoms with Crippen molar-refractivity contribution in [2.24, 2.45) is 0 Å². The summed E-state index contributed by atoms with van der Waals surface area (Å²) in [7, 11) is 0.624. The van der Waals surface area contributed by atoms with Gasteiger partial charge in [0.2, 0.25) is 0 Å². The van der Waals surface area contributed by atoms with E-state index in [0.29, 0.717) is 0 Å². The molecule has 0 aromatic heterocycles. The van der Waals surface area contributed by atoms with Crippen molar-refractivity contribution in [3.05, 3.63) is 29.8 Å². The van der Waals surface area contributed by atoms with Gasteiger partial charge < -0.3 is 5.32 Å². The van der Waals surface area contributed by atoms with Crippen LogP contribution in [-0.2, 0) is 0 Å². The Bertz CT molecular complexity index is 402. The number of nitrogens with one attached hydrogen (secondary N) is 1. The van der Waals surface area contributed by atoms with Crippen molar-refractivity contribution in [1.29, 1.82) is 0 Å². The molecule has 0 aliphatic carbocycles. The molecule has 2 heteroatoms. The summed E-state index contributed by atoms with van der Waals surface area (Å²) in [6.45, 7) is 6.87. The molecule has 0 spiro atoms. The number of anilines is 1. The van der Waals surface area contributed by atoms with Crippen LogP contribution in [0.2, 0.25) is 18.1 Å². The van der Waals surface area contributed by atoms with Gasteiger partial charge in [0.25, 0.3) is 0 Å². The SMILES string of the molecule is CC[Si](C#Cc1ccccc1NC)(CC)CC. The number of benzene rings is 1. The Hall–Kier alpha value is -1.20. The molecule has 0 atom stereocenters. The number of rotatable bonds is 4. The Morgan fingerprint density at radius 2 is 1.65 bits per heavy atom. The Balaban J connectivity index is 3.04. The van der Waals surface area contributed by atoms with E-state index in [1.165, 1.54) is 18.1 Å². The predicted octanol–water partition coefficient (Wildman–Crippen LogP) is 4.13. The fourth-order valence-corrected chi connectivity index (χ4v) is 4.46. The van der Waals surface area contributed by atoms with Gasteiger partial charge in [0.15, 0.2) is 0 Å². The fourth-order valence-electron chi connectivity index (χ4n) is 2.03. The van der Waals surface area contributed by atoms with Crippen molar-refractivity contribution >= 4 is 13.8 Å². The lowest BCUT2D eigenvalue weighted by Gasteiger charge is -2.20. The maximum absolute atomic E-state index is 3.62. The van der Waals surface area contributed by atoms with Gasteiger partial charge in [-0.3, -0.25) is 0 Å². The number of para-hydroxylation sites is 1. The summed E-state index contributed by atoms with van der Waals surface area (Å²) in [5.41, 5.74) is 5.88. The van der Waals surface area contributed by atoms with Gasteiger partial charge in [-0.05, 0) is 30.3 Å². The maximum Gasteiger partial charge on any atom is 0.138 e. The Labute approximate surface area is 107 Å². The van der Waals surface area contributed by atoms with E-state index in [4.69, 9.17) is 0 Å². The summed E-state index contributed by atoms with van der Waals surface area (Å²) in [5, 5.41) is 3.20. The van der Waals surface area contributed by atoms with Gasteiger partial charge in [0.1, 0.15) is 8.07 Å². The highest BCUT2D eigenvalue weighted by Crippen LogP contribution is 2.20. The molecule has 0 unspecified atom stereocenters. The first-order valence-electron chi connectivity index (χ1n) is 6.51. The van der Waals surface area contributed by atoms with Crippen LogP contribution < -0.4 is 5.32 Å². The van der Waals surface area contributed by atoms with Gasteiger partial charge in [-0.15, -0.1) is 5.54 Å². The highest BCUT2D eigenvalue weighted by atomic mass is 28.3. The van der Waals surface area contributed by atoms with E-state index < -0.39 is 8.07 Å². The molecule has 1 N–H and O–H groups in total. The van der Waals surface area contributed by atoms with E-state index in [-0.39, 0.29) is 0 Å². The van der Waals surface area contributed by atoms with E-state index >= 15 is 0 Å². The second-order valence-electron chi connectivity index (χ2n) is 4.39. The quantitative estimate of drug-likeness (QED) is 0.621. The minimum atomic E-state index is -1.32. The normalized spacial score (nSPS) is 10.6. The van der Waals surface area contributed by atoms with Crippen molar-refractivity contribution in [2.75, 3.05) is 12.4 Å². The maximum atomic E-state index is 3.62. The third kappa shape index (κ3) is 3.37. The van der Waals surface area contributed by atoms with Crippen LogP contribution in [0.4, 0.5) is 5.69 Å². The van der Waals surface area contributed by atoms with Gasteiger partial charge >= 0.3 is 0 Å². The first kappa shape index (κ1) is 13.9. The van der Waals surface area contributed by atoms with Gasteiger partial charge in [0.05, 0.1) is 0 Å². The molecule has 0 amide bonds. The van der Waals surface area contributed by atoms with Crippen molar-refractivity contribution in [3.63, 3.8) is 0 Å². The average Bonchev–Trinajstić information content (AvgIpc) is 2.41. The van der Waals surface area contributed by atoms with Gasteiger partial charge in [-0.2, -0.15) is 0 Å². The molecule has 0 aliphatic rings. The fraction of sp³-hybridized carbons (Fsp3) is 0.467. The Kier molecular flexibility index (Phi) is 5.31. The minimum Gasteiger partial charge on any atom is -0.387 e. The first-order valence-corrected chi connectivity index (χ1v) is 9.13. The largest absolute Gasteiger partial charge is 0.387 e. The highest BCUT2D eigenvalue weighted by molar-refractivity contribution is 6.87. The summed E-state index contributed by atoms with van der Waals surface area (Å²) < 4.78 is 0. The molecule has 1 nitrogen and oxygen atoms in total. The van der Waals surface area contributed by atoms with Crippen LogP contribution in [0.1, 0.15) is 26.3 Å². The zero-order chi connectivity index (χ0) is 12.7. The third-order valence-electron chi connectivity index (χ3n) is 3.69. The molecule has 0 saturated heterocycles. The second-order valence-corrected chi connectivity index (χ2v) is 9.32. The molecule has 17 heavy (non-hydrogen) atoms. The molecular weight excluding hydrogens is 222 g/mol. The minimum absolute atomic E-state index is 1.13. The lowest BCUT2D eigenvalue weighted by atomic mass is 10.2. The summed E-state index contributed by atoms with van der Waals surface area (Å²) in [6.07, 6.45) is 0. The predicted molar refractivity (Wildman–Crippen MR) is 80.1 cm³/mol. The van der Waals surface area contributed by atoms with Gasteiger partial charge in [-0.25, -0.2) is 0 Å². The molecule has 1 aromatic carbocycles. The van der Waals surface area contributed by atoms with Crippen LogP contribution in [0.15, 0.2) is 24.3 Å². The molecule has 0 radical (unpaired) electrons. The molecule has 0 bridgehead atoms. The monoisotopic (exact) mass is 245 g/mol. The van der Waals surface area contributed by atoms with Gasteiger partial charge in [-0.1, -0.05) is 38.8 Å². The van der Waals surface area contributed by atoms with E-state index in [2.05, 4.69) is 55.8 Å². The van der Waals surface area contributed by atoms with Crippen LogP contribution in [0.5, 0.6) is 0 Å². The van der Waals surface area contributed by atoms with Crippen molar-refractivity contribution < 1.29 is 0 Å². The van der Waals surface area contributed by atoms with E-state index in [9.17, 15) is 0 Å². The second kappa shape index (κ2) is 6.51. The summed E-state index contributed by atoms with van der Waals surface area (Å²) in [4.78, 5) is 0. The van der Waals surface area contributed by atoms with E-state index in [1.54, 1.807) is 0 Å². The van der Waals surface area contributed by atoms with Crippen molar-refractivity contribution in [1.82, 2.24) is 0 Å². The molecular formula is C15H23NSi. The number of hydrogen-bond donors (Lipinski definition) is 1.